The fraction of sp³-hybridized carbons (Fsp3) is 0.0213. The molecule has 0 saturated carbocycles. The largest absolute Gasteiger partial charge is 0.344 e. The van der Waals surface area contributed by atoms with Crippen LogP contribution in [0.1, 0.15) is 22.9 Å². The topological polar surface area (TPSA) is 41.7 Å². The molecule has 0 spiro atoms. The van der Waals surface area contributed by atoms with Crippen molar-refractivity contribution in [1.82, 2.24) is 9.88 Å². The van der Waals surface area contributed by atoms with Gasteiger partial charge in [-0.25, -0.2) is 9.98 Å². The summed E-state index contributed by atoms with van der Waals surface area (Å²) in [6.07, 6.45) is -0.313. The monoisotopic (exact) mass is 652 g/mol. The van der Waals surface area contributed by atoms with Crippen LogP contribution in [-0.2, 0) is 0 Å². The number of para-hydroxylation sites is 1. The van der Waals surface area contributed by atoms with E-state index < -0.39 is 0 Å². The van der Waals surface area contributed by atoms with Gasteiger partial charge in [0.15, 0.2) is 5.84 Å². The first-order valence-electron chi connectivity index (χ1n) is 17.4. The quantitative estimate of drug-likeness (QED) is 0.197. The van der Waals surface area contributed by atoms with Gasteiger partial charge in [-0.1, -0.05) is 158 Å². The molecule has 0 bridgehead atoms. The van der Waals surface area contributed by atoms with Crippen molar-refractivity contribution in [3.63, 3.8) is 0 Å². The third-order valence-electron chi connectivity index (χ3n) is 10.0. The van der Waals surface area contributed by atoms with Crippen molar-refractivity contribution >= 4 is 55.0 Å². The predicted molar refractivity (Wildman–Crippen MR) is 213 cm³/mol. The van der Waals surface area contributed by atoms with Gasteiger partial charge in [0.25, 0.3) is 0 Å². The zero-order valence-corrected chi connectivity index (χ0v) is 27.7. The Morgan fingerprint density at radius 1 is 0.451 bits per heavy atom. The molecule has 10 rings (SSSR count). The molecule has 1 N–H and O–H groups in total. The zero-order chi connectivity index (χ0) is 33.7. The summed E-state index contributed by atoms with van der Waals surface area (Å²) in [6, 6.07) is 64.6. The maximum Gasteiger partial charge on any atom is 0.159 e. The molecule has 1 atom stereocenters. The second-order valence-corrected chi connectivity index (χ2v) is 13.1. The number of aliphatic imine (C=N–C) groups is 2. The van der Waals surface area contributed by atoms with E-state index in [1.807, 2.05) is 6.07 Å². The van der Waals surface area contributed by atoms with Gasteiger partial charge >= 0.3 is 0 Å². The summed E-state index contributed by atoms with van der Waals surface area (Å²) >= 11 is 0. The molecule has 1 unspecified atom stereocenters. The van der Waals surface area contributed by atoms with Crippen LogP contribution < -0.4 is 5.32 Å². The first-order chi connectivity index (χ1) is 25.3. The Balaban J connectivity index is 1.12. The lowest BCUT2D eigenvalue weighted by molar-refractivity contribution is 0.675. The van der Waals surface area contributed by atoms with Crippen LogP contribution in [0.25, 0.3) is 60.2 Å². The lowest BCUT2D eigenvalue weighted by Gasteiger charge is -2.24. The maximum atomic E-state index is 5.21. The molecular weight excluding hydrogens is 621 g/mol. The summed E-state index contributed by atoms with van der Waals surface area (Å²) in [6.45, 7) is 0. The molecule has 0 saturated heterocycles. The molecule has 2 heterocycles. The minimum Gasteiger partial charge on any atom is -0.344 e. The highest BCUT2D eigenvalue weighted by Gasteiger charge is 2.22. The standard InChI is InChI=1S/C47H32N4/c1-2-11-31(12-3-1)33-21-24-35(25-22-33)45-48-46(50-47(49-45)38-26-23-32-13-4-5-15-36(32)29-38)37-16-10-17-39(30-37)51-43-20-9-8-19-41(43)42-28-27-34-14-6-7-18-40(34)44(42)51/h1-30,47H,(H,48,49,50). The number of nitrogens with zero attached hydrogens (tertiary/aromatic N) is 3. The Hall–Kier alpha value is -6.78. The van der Waals surface area contributed by atoms with E-state index in [9.17, 15) is 0 Å². The highest BCUT2D eigenvalue weighted by molar-refractivity contribution is 6.19. The molecule has 1 aromatic heterocycles. The molecular formula is C47H32N4. The highest BCUT2D eigenvalue weighted by Crippen LogP contribution is 2.37. The molecule has 9 aromatic rings. The third-order valence-corrected chi connectivity index (χ3v) is 10.0. The number of rotatable bonds is 5. The molecule has 1 aliphatic rings. The number of hydrogen-bond acceptors (Lipinski definition) is 3. The van der Waals surface area contributed by atoms with Gasteiger partial charge in [0.05, 0.1) is 11.0 Å². The molecule has 4 heteroatoms. The van der Waals surface area contributed by atoms with Gasteiger partial charge in [0.1, 0.15) is 12.0 Å². The zero-order valence-electron chi connectivity index (χ0n) is 27.7. The van der Waals surface area contributed by atoms with E-state index in [0.29, 0.717) is 5.84 Å². The first-order valence-corrected chi connectivity index (χ1v) is 17.4. The minimum absolute atomic E-state index is 0.313. The smallest absolute Gasteiger partial charge is 0.159 e. The predicted octanol–water partition coefficient (Wildman–Crippen LogP) is 11.3. The van der Waals surface area contributed by atoms with E-state index in [1.54, 1.807) is 0 Å². The lowest BCUT2D eigenvalue weighted by atomic mass is 10.0. The molecule has 4 nitrogen and oxygen atoms in total. The number of aromatic nitrogens is 1. The minimum atomic E-state index is -0.313. The van der Waals surface area contributed by atoms with Gasteiger partial charge in [0.2, 0.25) is 0 Å². The fourth-order valence-corrected chi connectivity index (χ4v) is 7.51. The average Bonchev–Trinajstić information content (AvgIpc) is 3.56. The molecule has 240 valence electrons. The molecule has 0 amide bonds. The van der Waals surface area contributed by atoms with Crippen LogP contribution in [0.15, 0.2) is 192 Å². The summed E-state index contributed by atoms with van der Waals surface area (Å²) in [5.41, 5.74) is 8.87. The average molecular weight is 653 g/mol. The summed E-state index contributed by atoms with van der Waals surface area (Å²) < 4.78 is 2.40. The van der Waals surface area contributed by atoms with Gasteiger partial charge in [-0.05, 0) is 57.1 Å². The summed E-state index contributed by atoms with van der Waals surface area (Å²) in [5.74, 6) is 1.49. The number of amidine groups is 2. The van der Waals surface area contributed by atoms with Crippen molar-refractivity contribution in [2.75, 3.05) is 0 Å². The number of hydrogen-bond donors (Lipinski definition) is 1. The molecule has 51 heavy (non-hydrogen) atoms. The normalized spacial score (nSPS) is 14.5. The summed E-state index contributed by atoms with van der Waals surface area (Å²) in [4.78, 5) is 10.4. The molecule has 0 fully saturated rings. The van der Waals surface area contributed by atoms with Crippen LogP contribution in [0.3, 0.4) is 0 Å². The van der Waals surface area contributed by atoms with Crippen LogP contribution >= 0.6 is 0 Å². The highest BCUT2D eigenvalue weighted by atomic mass is 15.2. The van der Waals surface area contributed by atoms with E-state index in [1.165, 1.54) is 48.9 Å². The van der Waals surface area contributed by atoms with Crippen molar-refractivity contribution in [3.05, 3.63) is 199 Å². The molecule has 1 aliphatic heterocycles. The van der Waals surface area contributed by atoms with Crippen molar-refractivity contribution in [2.45, 2.75) is 6.17 Å². The SMILES string of the molecule is c1ccc(-c2ccc(C3=NC(c4ccc5ccccc5c4)NC(c4cccc(-n5c6ccccc6c6ccc7ccccc7c65)c4)=N3)cc2)cc1. The van der Waals surface area contributed by atoms with E-state index in [0.717, 1.165) is 33.8 Å². The van der Waals surface area contributed by atoms with Gasteiger partial charge in [-0.2, -0.15) is 0 Å². The van der Waals surface area contributed by atoms with E-state index in [4.69, 9.17) is 9.98 Å². The van der Waals surface area contributed by atoms with Crippen molar-refractivity contribution in [3.8, 4) is 16.8 Å². The maximum absolute atomic E-state index is 5.21. The Morgan fingerprint density at radius 2 is 1.12 bits per heavy atom. The van der Waals surface area contributed by atoms with E-state index in [2.05, 4.69) is 186 Å². The Bertz CT molecular complexity index is 2830. The first kappa shape index (κ1) is 29.2. The summed E-state index contributed by atoms with van der Waals surface area (Å²) in [5, 5.41) is 11.0. The van der Waals surface area contributed by atoms with E-state index in [-0.39, 0.29) is 6.17 Å². The van der Waals surface area contributed by atoms with Gasteiger partial charge < -0.3 is 9.88 Å². The second-order valence-electron chi connectivity index (χ2n) is 13.1. The number of benzene rings is 8. The van der Waals surface area contributed by atoms with Gasteiger partial charge in [-0.3, -0.25) is 0 Å². The molecule has 0 aliphatic carbocycles. The fourth-order valence-electron chi connectivity index (χ4n) is 7.51. The van der Waals surface area contributed by atoms with Gasteiger partial charge in [0, 0.05) is 33.0 Å². The van der Waals surface area contributed by atoms with Crippen LogP contribution in [0, 0.1) is 0 Å². The van der Waals surface area contributed by atoms with E-state index >= 15 is 0 Å². The van der Waals surface area contributed by atoms with Crippen LogP contribution in [-0.4, -0.2) is 16.2 Å². The van der Waals surface area contributed by atoms with Crippen LogP contribution in [0.5, 0.6) is 0 Å². The third kappa shape index (κ3) is 5.08. The van der Waals surface area contributed by atoms with Crippen molar-refractivity contribution in [2.24, 2.45) is 9.98 Å². The van der Waals surface area contributed by atoms with Gasteiger partial charge in [-0.15, -0.1) is 0 Å². The number of nitrogens with one attached hydrogen (secondary N) is 1. The Morgan fingerprint density at radius 3 is 1.98 bits per heavy atom. The van der Waals surface area contributed by atoms with Crippen molar-refractivity contribution < 1.29 is 0 Å². The Kier molecular flexibility index (Phi) is 6.85. The van der Waals surface area contributed by atoms with Crippen molar-refractivity contribution in [1.29, 1.82) is 0 Å². The molecule has 8 aromatic carbocycles. The van der Waals surface area contributed by atoms with Crippen LogP contribution in [0.2, 0.25) is 0 Å². The number of fused-ring (bicyclic) bond motifs is 6. The Labute approximate surface area is 295 Å². The molecule has 0 radical (unpaired) electrons. The summed E-state index contributed by atoms with van der Waals surface area (Å²) in [7, 11) is 0. The second kappa shape index (κ2) is 12.0. The van der Waals surface area contributed by atoms with Crippen LogP contribution in [0.4, 0.5) is 0 Å². The lowest BCUT2D eigenvalue weighted by Crippen LogP contribution is -2.33.